The van der Waals surface area contributed by atoms with Crippen molar-refractivity contribution in [2.45, 2.75) is 284 Å². The smallest absolute Gasteiger partial charge is 0.306 e. The van der Waals surface area contributed by atoms with E-state index in [9.17, 15) is 14.4 Å². The van der Waals surface area contributed by atoms with Gasteiger partial charge in [-0.25, -0.2) is 0 Å². The van der Waals surface area contributed by atoms with Gasteiger partial charge in [0.15, 0.2) is 6.10 Å². The van der Waals surface area contributed by atoms with Crippen LogP contribution in [0.5, 0.6) is 0 Å². The van der Waals surface area contributed by atoms with Crippen molar-refractivity contribution in [3.05, 3.63) is 122 Å². The summed E-state index contributed by atoms with van der Waals surface area (Å²) < 4.78 is 16.9. The van der Waals surface area contributed by atoms with E-state index in [1.165, 1.54) is 96.3 Å². The molecule has 1 unspecified atom stereocenters. The monoisotopic (exact) mass is 1040 g/mol. The molecule has 0 aliphatic heterocycles. The summed E-state index contributed by atoms with van der Waals surface area (Å²) in [5.41, 5.74) is 0. The Balaban J connectivity index is 4.38. The fourth-order valence-corrected chi connectivity index (χ4v) is 8.27. The summed E-state index contributed by atoms with van der Waals surface area (Å²) in [6.07, 6.45) is 86.2. The minimum Gasteiger partial charge on any atom is -0.462 e. The summed E-state index contributed by atoms with van der Waals surface area (Å²) in [6.45, 7) is 6.48. The number of carbonyl (C=O) groups is 3. The molecule has 426 valence electrons. The highest BCUT2D eigenvalue weighted by atomic mass is 16.6. The van der Waals surface area contributed by atoms with E-state index in [0.717, 1.165) is 141 Å². The number of hydrogen-bond acceptors (Lipinski definition) is 6. The maximum absolute atomic E-state index is 12.9. The van der Waals surface area contributed by atoms with Gasteiger partial charge in [-0.05, 0) is 135 Å². The first-order chi connectivity index (χ1) is 37.0. The van der Waals surface area contributed by atoms with Crippen LogP contribution in [-0.4, -0.2) is 37.2 Å². The molecule has 0 aromatic heterocycles. The second kappa shape index (κ2) is 62.4. The molecule has 0 amide bonds. The molecule has 6 nitrogen and oxygen atoms in total. The number of allylic oxidation sites excluding steroid dienone is 20. The third kappa shape index (κ3) is 60.6. The molecule has 0 rings (SSSR count). The van der Waals surface area contributed by atoms with Crippen molar-refractivity contribution in [2.24, 2.45) is 0 Å². The van der Waals surface area contributed by atoms with Gasteiger partial charge >= 0.3 is 17.9 Å². The van der Waals surface area contributed by atoms with Gasteiger partial charge < -0.3 is 14.2 Å². The first-order valence-electron chi connectivity index (χ1n) is 31.0. The van der Waals surface area contributed by atoms with Gasteiger partial charge in [0.25, 0.3) is 0 Å². The van der Waals surface area contributed by atoms with Crippen LogP contribution in [0.3, 0.4) is 0 Å². The lowest BCUT2D eigenvalue weighted by atomic mass is 10.1. The number of ether oxygens (including phenoxy) is 3. The highest BCUT2D eigenvalue weighted by Crippen LogP contribution is 2.14. The van der Waals surface area contributed by atoms with E-state index in [1.807, 2.05) is 0 Å². The average Bonchev–Trinajstić information content (AvgIpc) is 3.41. The summed E-state index contributed by atoms with van der Waals surface area (Å²) in [5.74, 6) is -0.936. The minimum atomic E-state index is -0.800. The van der Waals surface area contributed by atoms with Crippen LogP contribution < -0.4 is 0 Å². The van der Waals surface area contributed by atoms with Gasteiger partial charge in [0.2, 0.25) is 0 Å². The summed E-state index contributed by atoms with van der Waals surface area (Å²) in [6, 6.07) is 0. The summed E-state index contributed by atoms with van der Waals surface area (Å²) in [4.78, 5) is 38.2. The normalized spacial score (nSPS) is 12.9. The van der Waals surface area contributed by atoms with Crippen molar-refractivity contribution in [3.8, 4) is 0 Å². The fraction of sp³-hybridized carbons (Fsp3) is 0.667. The van der Waals surface area contributed by atoms with E-state index in [0.29, 0.717) is 19.3 Å². The van der Waals surface area contributed by atoms with Crippen LogP contribution in [0, 0.1) is 0 Å². The van der Waals surface area contributed by atoms with Crippen LogP contribution in [0.1, 0.15) is 278 Å². The number of hydrogen-bond donors (Lipinski definition) is 0. The van der Waals surface area contributed by atoms with E-state index in [-0.39, 0.29) is 31.1 Å². The van der Waals surface area contributed by atoms with Gasteiger partial charge in [-0.2, -0.15) is 0 Å². The van der Waals surface area contributed by atoms with E-state index in [1.54, 1.807) is 0 Å². The molecule has 0 bridgehead atoms. The molecule has 0 aliphatic carbocycles. The average molecular weight is 1040 g/mol. The Morgan fingerprint density at radius 3 is 0.827 bits per heavy atom. The minimum absolute atomic E-state index is 0.0954. The highest BCUT2D eigenvalue weighted by molar-refractivity contribution is 5.71. The third-order valence-corrected chi connectivity index (χ3v) is 12.9. The van der Waals surface area contributed by atoms with E-state index >= 15 is 0 Å². The van der Waals surface area contributed by atoms with Gasteiger partial charge in [0.05, 0.1) is 0 Å². The number of unbranched alkanes of at least 4 members (excludes halogenated alkanes) is 24. The number of carbonyl (C=O) groups excluding carboxylic acids is 3. The predicted molar refractivity (Wildman–Crippen MR) is 325 cm³/mol. The van der Waals surface area contributed by atoms with E-state index in [2.05, 4.69) is 142 Å². The molecule has 0 radical (unpaired) electrons. The van der Waals surface area contributed by atoms with Crippen molar-refractivity contribution in [1.82, 2.24) is 0 Å². The molecule has 0 heterocycles. The molecule has 1 atom stereocenters. The standard InChI is InChI=1S/C69H114O6/c1-4-7-10-13-16-19-22-25-28-29-30-31-32-33-34-35-36-37-38-39-40-41-42-45-47-50-53-56-59-62-68(71)74-65-66(75-69(72)63-60-57-54-51-48-44-27-24-21-18-15-12-9-6-3)64-73-67(70)61-58-55-52-49-46-43-26-23-20-17-14-11-8-5-2/h7,10,16,19,23-28,30-31,33-34,36-37,39-40,42,45,66H,4-6,8-9,11-15,17-18,20-22,29,32,35,38,41,43-44,46-65H2,1-3H3/b10-7-,19-16-,26-23-,27-24-,28-25-,31-30-,34-33-,37-36-,40-39-,45-42-. The van der Waals surface area contributed by atoms with Gasteiger partial charge in [-0.3, -0.25) is 14.4 Å². The van der Waals surface area contributed by atoms with Crippen LogP contribution in [0.4, 0.5) is 0 Å². The van der Waals surface area contributed by atoms with E-state index in [4.69, 9.17) is 14.2 Å². The molecule has 6 heteroatoms. The topological polar surface area (TPSA) is 78.9 Å². The first-order valence-corrected chi connectivity index (χ1v) is 31.0. The molecule has 0 aromatic rings. The third-order valence-electron chi connectivity index (χ3n) is 12.9. The lowest BCUT2D eigenvalue weighted by Crippen LogP contribution is -2.30. The molecule has 0 spiro atoms. The largest absolute Gasteiger partial charge is 0.462 e. The van der Waals surface area contributed by atoms with Gasteiger partial charge in [0, 0.05) is 19.3 Å². The Morgan fingerprint density at radius 1 is 0.280 bits per heavy atom. The second-order valence-electron chi connectivity index (χ2n) is 20.2. The molecule has 0 saturated heterocycles. The van der Waals surface area contributed by atoms with Gasteiger partial charge in [-0.1, -0.05) is 245 Å². The Labute approximate surface area is 462 Å². The van der Waals surface area contributed by atoms with Gasteiger partial charge in [-0.15, -0.1) is 0 Å². The molecular weight excluding hydrogens is 925 g/mol. The highest BCUT2D eigenvalue weighted by Gasteiger charge is 2.19. The van der Waals surface area contributed by atoms with Crippen LogP contribution >= 0.6 is 0 Å². The first kappa shape index (κ1) is 70.8. The number of esters is 3. The summed E-state index contributed by atoms with van der Waals surface area (Å²) in [5, 5.41) is 0. The van der Waals surface area contributed by atoms with Crippen molar-refractivity contribution in [3.63, 3.8) is 0 Å². The molecule has 0 N–H and O–H groups in total. The molecule has 0 aromatic carbocycles. The van der Waals surface area contributed by atoms with Crippen LogP contribution in [0.25, 0.3) is 0 Å². The number of rotatable bonds is 55. The van der Waals surface area contributed by atoms with Crippen LogP contribution in [-0.2, 0) is 28.6 Å². The van der Waals surface area contributed by atoms with Crippen LogP contribution in [0.15, 0.2) is 122 Å². The zero-order chi connectivity index (χ0) is 54.3. The lowest BCUT2D eigenvalue weighted by Gasteiger charge is -2.18. The predicted octanol–water partition coefficient (Wildman–Crippen LogP) is 21.2. The maximum atomic E-state index is 12.9. The molecule has 0 aliphatic rings. The van der Waals surface area contributed by atoms with Crippen molar-refractivity contribution in [1.29, 1.82) is 0 Å². The Morgan fingerprint density at radius 2 is 0.520 bits per heavy atom. The maximum Gasteiger partial charge on any atom is 0.306 e. The fourth-order valence-electron chi connectivity index (χ4n) is 8.27. The SMILES string of the molecule is CC/C=C\C/C=C\C/C=C\C/C=C\C/C=C\C/C=C\C/C=C\C/C=C\CCCCCCC(=O)OCC(COC(=O)CCCCCCC/C=C\CCCCCCC)OC(=O)CCCCCCC/C=C\CCCCCCC. The zero-order valence-electron chi connectivity index (χ0n) is 48.8. The van der Waals surface area contributed by atoms with Crippen molar-refractivity contribution < 1.29 is 28.6 Å². The molecule has 0 saturated carbocycles. The lowest BCUT2D eigenvalue weighted by molar-refractivity contribution is -0.167. The van der Waals surface area contributed by atoms with Crippen molar-refractivity contribution >= 4 is 17.9 Å². The molecule has 75 heavy (non-hydrogen) atoms. The Hall–Kier alpha value is -4.19. The van der Waals surface area contributed by atoms with Gasteiger partial charge in [0.1, 0.15) is 13.2 Å². The zero-order valence-corrected chi connectivity index (χ0v) is 48.8. The Bertz CT molecular complexity index is 1570. The van der Waals surface area contributed by atoms with E-state index < -0.39 is 6.10 Å². The van der Waals surface area contributed by atoms with Crippen LogP contribution in [0.2, 0.25) is 0 Å². The van der Waals surface area contributed by atoms with Crippen molar-refractivity contribution in [2.75, 3.05) is 13.2 Å². The summed E-state index contributed by atoms with van der Waals surface area (Å²) >= 11 is 0. The summed E-state index contributed by atoms with van der Waals surface area (Å²) in [7, 11) is 0. The molecule has 0 fully saturated rings. The molecular formula is C69H114O6. The quantitative estimate of drug-likeness (QED) is 0.0261. The Kier molecular flexibility index (Phi) is 58.9. The second-order valence-corrected chi connectivity index (χ2v) is 20.2.